The molecule has 0 unspecified atom stereocenters. The monoisotopic (exact) mass is 675 g/mol. The van der Waals surface area contributed by atoms with Gasteiger partial charge in [0.25, 0.3) is 0 Å². The molecule has 0 amide bonds. The Bertz CT molecular complexity index is 2990. The van der Waals surface area contributed by atoms with E-state index >= 15 is 0 Å². The van der Waals surface area contributed by atoms with Gasteiger partial charge in [-0.3, -0.25) is 8.80 Å². The van der Waals surface area contributed by atoms with E-state index in [-0.39, 0.29) is 0 Å². The highest BCUT2D eigenvalue weighted by molar-refractivity contribution is 6.24. The van der Waals surface area contributed by atoms with Gasteiger partial charge in [-0.25, -0.2) is 0 Å². The molecule has 0 saturated heterocycles. The summed E-state index contributed by atoms with van der Waals surface area (Å²) < 4.78 is 4.90. The lowest BCUT2D eigenvalue weighted by atomic mass is 10.0. The molecule has 3 nitrogen and oxygen atoms in total. The Morgan fingerprint density at radius 2 is 0.736 bits per heavy atom. The third-order valence-corrected chi connectivity index (χ3v) is 10.8. The minimum Gasteiger partial charge on any atom is -0.310 e. The summed E-state index contributed by atoms with van der Waals surface area (Å²) in [5, 5.41) is 3.89. The van der Waals surface area contributed by atoms with Gasteiger partial charge in [-0.2, -0.15) is 0 Å². The van der Waals surface area contributed by atoms with Gasteiger partial charge < -0.3 is 4.90 Å². The molecule has 0 atom stereocenters. The molecule has 53 heavy (non-hydrogen) atoms. The van der Waals surface area contributed by atoms with Crippen LogP contribution in [-0.2, 0) is 0 Å². The second-order valence-corrected chi connectivity index (χ2v) is 13.8. The first-order valence-electron chi connectivity index (χ1n) is 18.2. The highest BCUT2D eigenvalue weighted by Gasteiger charge is 2.23. The Hall–Kier alpha value is -7.10. The summed E-state index contributed by atoms with van der Waals surface area (Å²) in [6.45, 7) is 0. The molecule has 3 aromatic heterocycles. The average Bonchev–Trinajstić information content (AvgIpc) is 3.87. The van der Waals surface area contributed by atoms with Crippen LogP contribution in [0.25, 0.3) is 77.3 Å². The van der Waals surface area contributed by atoms with Crippen molar-refractivity contribution in [1.29, 1.82) is 0 Å². The topological polar surface area (TPSA) is 12.1 Å². The van der Waals surface area contributed by atoms with E-state index in [1.807, 2.05) is 0 Å². The zero-order chi connectivity index (χ0) is 34.9. The number of aromatic nitrogens is 2. The van der Waals surface area contributed by atoms with E-state index in [9.17, 15) is 0 Å². The second-order valence-electron chi connectivity index (χ2n) is 13.8. The van der Waals surface area contributed by atoms with Gasteiger partial charge in [0, 0.05) is 33.2 Å². The van der Waals surface area contributed by atoms with Crippen LogP contribution in [0.3, 0.4) is 0 Å². The first-order chi connectivity index (χ1) is 26.3. The normalized spacial score (nSPS) is 11.8. The summed E-state index contributed by atoms with van der Waals surface area (Å²) in [6, 6.07) is 72.5. The van der Waals surface area contributed by atoms with Crippen molar-refractivity contribution in [1.82, 2.24) is 8.80 Å². The van der Waals surface area contributed by atoms with E-state index in [1.54, 1.807) is 0 Å². The number of benzene rings is 8. The summed E-state index contributed by atoms with van der Waals surface area (Å²) in [4.78, 5) is 2.36. The van der Waals surface area contributed by atoms with Crippen LogP contribution in [0.4, 0.5) is 17.1 Å². The van der Waals surface area contributed by atoms with E-state index in [0.29, 0.717) is 0 Å². The quantitative estimate of drug-likeness (QED) is 0.171. The zero-order valence-corrected chi connectivity index (χ0v) is 28.9. The van der Waals surface area contributed by atoms with Crippen molar-refractivity contribution in [2.75, 3.05) is 4.90 Å². The van der Waals surface area contributed by atoms with Gasteiger partial charge in [0.2, 0.25) is 0 Å². The number of anilines is 3. The van der Waals surface area contributed by atoms with Crippen molar-refractivity contribution < 1.29 is 0 Å². The van der Waals surface area contributed by atoms with Gasteiger partial charge in [0.15, 0.2) is 0 Å². The molecule has 0 aliphatic carbocycles. The lowest BCUT2D eigenvalue weighted by Gasteiger charge is -2.26. The minimum atomic E-state index is 1.11. The van der Waals surface area contributed by atoms with Crippen LogP contribution in [-0.4, -0.2) is 8.80 Å². The summed E-state index contributed by atoms with van der Waals surface area (Å²) in [5.74, 6) is 0. The highest BCUT2D eigenvalue weighted by Crippen LogP contribution is 2.43. The second kappa shape index (κ2) is 11.7. The Kier molecular flexibility index (Phi) is 6.55. The Morgan fingerprint density at radius 1 is 0.283 bits per heavy atom. The SMILES string of the molecule is c1ccc(-c2ccc(N(c3ccc(-c4ccccc4)cc3)c3cccc(-c4ccc5c6c7ccccc7n7c8ccccc8n(c5c4)c67)c3)cc2)cc1. The zero-order valence-electron chi connectivity index (χ0n) is 28.9. The molecule has 248 valence electrons. The van der Waals surface area contributed by atoms with Gasteiger partial charge in [-0.1, -0.05) is 140 Å². The fourth-order valence-corrected chi connectivity index (χ4v) is 8.39. The summed E-state index contributed by atoms with van der Waals surface area (Å²) in [7, 11) is 0. The van der Waals surface area contributed by atoms with Gasteiger partial charge >= 0.3 is 0 Å². The van der Waals surface area contributed by atoms with Gasteiger partial charge in [0.1, 0.15) is 5.65 Å². The lowest BCUT2D eigenvalue weighted by Crippen LogP contribution is -2.10. The fraction of sp³-hybridized carbons (Fsp3) is 0. The van der Waals surface area contributed by atoms with Crippen LogP contribution in [0.15, 0.2) is 200 Å². The van der Waals surface area contributed by atoms with Crippen molar-refractivity contribution in [3.05, 3.63) is 200 Å². The Labute approximate surface area is 307 Å². The molecule has 8 aromatic carbocycles. The van der Waals surface area contributed by atoms with Crippen LogP contribution < -0.4 is 4.90 Å². The summed E-state index contributed by atoms with van der Waals surface area (Å²) >= 11 is 0. The Balaban J connectivity index is 1.06. The molecule has 3 heteroatoms. The molecule has 0 bridgehead atoms. The molecule has 0 N–H and O–H groups in total. The van der Waals surface area contributed by atoms with E-state index in [1.165, 1.54) is 77.3 Å². The first-order valence-corrected chi connectivity index (χ1v) is 18.2. The molecular weight excluding hydrogens is 643 g/mol. The molecule has 0 fully saturated rings. The number of nitrogens with zero attached hydrogens (tertiary/aromatic N) is 3. The van der Waals surface area contributed by atoms with Crippen molar-refractivity contribution in [3.63, 3.8) is 0 Å². The number of fused-ring (bicyclic) bond motifs is 9. The maximum absolute atomic E-state index is 2.46. The van der Waals surface area contributed by atoms with Crippen molar-refractivity contribution in [3.8, 4) is 33.4 Å². The van der Waals surface area contributed by atoms with E-state index in [4.69, 9.17) is 0 Å². The van der Waals surface area contributed by atoms with Crippen LogP contribution in [0.2, 0.25) is 0 Å². The van der Waals surface area contributed by atoms with Gasteiger partial charge in [-0.15, -0.1) is 0 Å². The van der Waals surface area contributed by atoms with Crippen molar-refractivity contribution in [2.24, 2.45) is 0 Å². The third-order valence-electron chi connectivity index (χ3n) is 10.8. The number of para-hydroxylation sites is 3. The molecular formula is C50H33N3. The number of hydrogen-bond donors (Lipinski definition) is 0. The highest BCUT2D eigenvalue weighted by atomic mass is 15.1. The van der Waals surface area contributed by atoms with E-state index < -0.39 is 0 Å². The van der Waals surface area contributed by atoms with E-state index in [0.717, 1.165) is 17.1 Å². The Morgan fingerprint density at radius 3 is 1.36 bits per heavy atom. The van der Waals surface area contributed by atoms with Gasteiger partial charge in [-0.05, 0) is 94.0 Å². The van der Waals surface area contributed by atoms with Crippen LogP contribution >= 0.6 is 0 Å². The first kappa shape index (κ1) is 29.6. The maximum Gasteiger partial charge on any atom is 0.131 e. The predicted octanol–water partition coefficient (Wildman–Crippen LogP) is 13.6. The van der Waals surface area contributed by atoms with Crippen LogP contribution in [0, 0.1) is 0 Å². The third kappa shape index (κ3) is 4.61. The van der Waals surface area contributed by atoms with Gasteiger partial charge in [0.05, 0.1) is 22.1 Å². The molecule has 11 rings (SSSR count). The van der Waals surface area contributed by atoms with Crippen LogP contribution in [0.1, 0.15) is 0 Å². The number of imidazole rings is 1. The fourth-order valence-electron chi connectivity index (χ4n) is 8.39. The van der Waals surface area contributed by atoms with Crippen molar-refractivity contribution in [2.45, 2.75) is 0 Å². The molecule has 11 aromatic rings. The number of hydrogen-bond acceptors (Lipinski definition) is 1. The maximum atomic E-state index is 2.46. The molecule has 0 spiro atoms. The smallest absolute Gasteiger partial charge is 0.131 e. The lowest BCUT2D eigenvalue weighted by molar-refractivity contribution is 1.28. The summed E-state index contributed by atoms with van der Waals surface area (Å²) in [6.07, 6.45) is 0. The average molecular weight is 676 g/mol. The molecule has 0 saturated carbocycles. The van der Waals surface area contributed by atoms with E-state index in [2.05, 4.69) is 214 Å². The molecule has 0 radical (unpaired) electrons. The largest absolute Gasteiger partial charge is 0.310 e. The number of rotatable bonds is 6. The van der Waals surface area contributed by atoms with Crippen molar-refractivity contribution >= 4 is 60.9 Å². The molecule has 0 aliphatic heterocycles. The summed E-state index contributed by atoms with van der Waals surface area (Å²) in [5.41, 5.74) is 16.7. The molecule has 0 aliphatic rings. The molecule has 3 heterocycles. The standard InChI is InChI=1S/C50H33N3/c1-3-12-34(13-4-1)36-22-27-40(28-23-36)51(41-29-24-37(25-30-41)35-14-5-2-6-15-35)42-17-11-16-38(32-42)39-26-31-44-48(33-39)53-47-21-10-9-20-46(47)52-45-19-8-7-18-43(45)49(44)50(52)53/h1-33H. The minimum absolute atomic E-state index is 1.11. The predicted molar refractivity (Wildman–Crippen MR) is 223 cm³/mol. The van der Waals surface area contributed by atoms with Crippen LogP contribution in [0.5, 0.6) is 0 Å².